The number of hydrogen-bond donors (Lipinski definition) is 0. The molecule has 0 fully saturated rings. The van der Waals surface area contributed by atoms with Crippen molar-refractivity contribution in [3.8, 4) is 5.75 Å². The molecule has 0 saturated carbocycles. The van der Waals surface area contributed by atoms with Crippen molar-refractivity contribution in [1.82, 2.24) is 4.57 Å². The molecule has 0 saturated heterocycles. The molecule has 40 heavy (non-hydrogen) atoms. The standard InChI is InChI=1S/C30H25N3O6S/c1-3-24-26(29(35)38-2)27(21-9-5-4-6-10-21)32-28(34)25(40-30(32)31-24)17-20-8-7-11-23(16-20)39-18-19-12-14-22(15-13-19)33(36)37/h4-17,27H,3,18H2,1-2H3/b25-17+/t27-/m0/s1. The molecule has 0 spiro atoms. The van der Waals surface area contributed by atoms with E-state index >= 15 is 0 Å². The number of nitro benzene ring substituents is 1. The van der Waals surface area contributed by atoms with E-state index < -0.39 is 16.9 Å². The molecule has 2 heterocycles. The first kappa shape index (κ1) is 26.8. The molecule has 0 unspecified atom stereocenters. The van der Waals surface area contributed by atoms with Gasteiger partial charge in [0, 0.05) is 12.1 Å². The van der Waals surface area contributed by atoms with E-state index in [0.717, 1.165) is 16.7 Å². The van der Waals surface area contributed by atoms with Crippen molar-refractivity contribution in [1.29, 1.82) is 0 Å². The number of ether oxygens (including phenoxy) is 2. The van der Waals surface area contributed by atoms with E-state index in [2.05, 4.69) is 4.99 Å². The Kier molecular flexibility index (Phi) is 7.70. The maximum atomic E-state index is 13.8. The third-order valence-corrected chi connectivity index (χ3v) is 7.46. The van der Waals surface area contributed by atoms with Crippen LogP contribution in [-0.2, 0) is 16.1 Å². The first-order valence-electron chi connectivity index (χ1n) is 12.5. The largest absolute Gasteiger partial charge is 0.489 e. The molecule has 1 atom stereocenters. The molecule has 0 bridgehead atoms. The maximum absolute atomic E-state index is 13.8. The van der Waals surface area contributed by atoms with Crippen molar-refractivity contribution in [2.75, 3.05) is 7.11 Å². The molecule has 0 amide bonds. The normalized spacial score (nSPS) is 14.8. The zero-order valence-electron chi connectivity index (χ0n) is 21.8. The van der Waals surface area contributed by atoms with E-state index in [-0.39, 0.29) is 17.9 Å². The van der Waals surface area contributed by atoms with Gasteiger partial charge in [-0.3, -0.25) is 19.5 Å². The van der Waals surface area contributed by atoms with Crippen molar-refractivity contribution in [2.24, 2.45) is 4.99 Å². The molecule has 5 rings (SSSR count). The van der Waals surface area contributed by atoms with Gasteiger partial charge >= 0.3 is 5.97 Å². The predicted octanol–water partition coefficient (Wildman–Crippen LogP) is 4.29. The zero-order valence-corrected chi connectivity index (χ0v) is 22.6. The third-order valence-electron chi connectivity index (χ3n) is 6.47. The number of rotatable bonds is 8. The van der Waals surface area contributed by atoms with Crippen LogP contribution in [0.25, 0.3) is 6.08 Å². The number of benzene rings is 3. The van der Waals surface area contributed by atoms with E-state index in [4.69, 9.17) is 9.47 Å². The average molecular weight is 556 g/mol. The molecule has 1 aromatic heterocycles. The Hall–Kier alpha value is -4.83. The quantitative estimate of drug-likeness (QED) is 0.182. The Morgan fingerprint density at radius 1 is 1.10 bits per heavy atom. The molecule has 0 N–H and O–H groups in total. The molecule has 1 aliphatic heterocycles. The highest BCUT2D eigenvalue weighted by Gasteiger charge is 2.33. The maximum Gasteiger partial charge on any atom is 0.338 e. The van der Waals surface area contributed by atoms with Gasteiger partial charge in [0.15, 0.2) is 4.80 Å². The molecular formula is C30H25N3O6S. The molecule has 1 aliphatic rings. The minimum Gasteiger partial charge on any atom is -0.489 e. The van der Waals surface area contributed by atoms with Crippen LogP contribution in [0.2, 0.25) is 0 Å². The van der Waals surface area contributed by atoms with Crippen LogP contribution in [0.15, 0.2) is 99.9 Å². The van der Waals surface area contributed by atoms with Gasteiger partial charge in [-0.25, -0.2) is 9.79 Å². The second-order valence-electron chi connectivity index (χ2n) is 8.98. The summed E-state index contributed by atoms with van der Waals surface area (Å²) in [6.45, 7) is 2.15. The zero-order chi connectivity index (χ0) is 28.2. The number of carbonyl (C=O) groups is 1. The smallest absolute Gasteiger partial charge is 0.338 e. The second kappa shape index (κ2) is 11.5. The monoisotopic (exact) mass is 555 g/mol. The summed E-state index contributed by atoms with van der Waals surface area (Å²) < 4.78 is 13.0. The summed E-state index contributed by atoms with van der Waals surface area (Å²) >= 11 is 1.26. The second-order valence-corrected chi connectivity index (χ2v) is 9.99. The van der Waals surface area contributed by atoms with Crippen LogP contribution in [0.3, 0.4) is 0 Å². The van der Waals surface area contributed by atoms with Gasteiger partial charge in [0.1, 0.15) is 12.4 Å². The van der Waals surface area contributed by atoms with Crippen LogP contribution in [0, 0.1) is 10.1 Å². The van der Waals surface area contributed by atoms with Crippen molar-refractivity contribution < 1.29 is 19.2 Å². The number of allylic oxidation sites excluding steroid dienone is 1. The van der Waals surface area contributed by atoms with Crippen molar-refractivity contribution in [3.63, 3.8) is 0 Å². The van der Waals surface area contributed by atoms with E-state index in [9.17, 15) is 19.7 Å². The number of nitrogens with zero attached hydrogens (tertiary/aromatic N) is 3. The Labute approximate surface area is 233 Å². The number of thiazole rings is 1. The molecular weight excluding hydrogens is 530 g/mol. The fourth-order valence-corrected chi connectivity index (χ4v) is 5.56. The lowest BCUT2D eigenvalue weighted by Crippen LogP contribution is -2.40. The van der Waals surface area contributed by atoms with Gasteiger partial charge in [0.05, 0.1) is 33.9 Å². The van der Waals surface area contributed by atoms with Crippen molar-refractivity contribution in [2.45, 2.75) is 26.0 Å². The third kappa shape index (κ3) is 5.34. The summed E-state index contributed by atoms with van der Waals surface area (Å²) in [5.74, 6) is 0.0740. The lowest BCUT2D eigenvalue weighted by molar-refractivity contribution is -0.384. The van der Waals surface area contributed by atoms with E-state index in [1.54, 1.807) is 28.8 Å². The minimum atomic E-state index is -0.654. The summed E-state index contributed by atoms with van der Waals surface area (Å²) in [6.07, 6.45) is 2.28. The topological polar surface area (TPSA) is 113 Å². The SMILES string of the molecule is CCC1=C(C(=O)OC)[C@H](c2ccccc2)n2c(s/c(=C/c3cccc(OCc4ccc([N+](=O)[O-])cc4)c3)c2=O)=N1. The Morgan fingerprint density at radius 3 is 2.52 bits per heavy atom. The Balaban J connectivity index is 1.50. The highest BCUT2D eigenvalue weighted by atomic mass is 32.1. The number of hydrogen-bond acceptors (Lipinski definition) is 8. The highest BCUT2D eigenvalue weighted by molar-refractivity contribution is 7.07. The summed E-state index contributed by atoms with van der Waals surface area (Å²) in [5.41, 5.74) is 3.05. The van der Waals surface area contributed by atoms with Gasteiger partial charge in [-0.2, -0.15) is 0 Å². The number of nitro groups is 1. The summed E-state index contributed by atoms with van der Waals surface area (Å²) in [6, 6.07) is 22.2. The van der Waals surface area contributed by atoms with Crippen LogP contribution in [0.4, 0.5) is 5.69 Å². The van der Waals surface area contributed by atoms with Crippen LogP contribution in [-0.4, -0.2) is 22.6 Å². The first-order valence-corrected chi connectivity index (χ1v) is 13.4. The first-order chi connectivity index (χ1) is 19.4. The van der Waals surface area contributed by atoms with Crippen LogP contribution in [0.5, 0.6) is 5.75 Å². The predicted molar refractivity (Wildman–Crippen MR) is 151 cm³/mol. The lowest BCUT2D eigenvalue weighted by Gasteiger charge is -2.25. The number of fused-ring (bicyclic) bond motifs is 1. The molecule has 0 aliphatic carbocycles. The van der Waals surface area contributed by atoms with Gasteiger partial charge < -0.3 is 9.47 Å². The summed E-state index contributed by atoms with van der Waals surface area (Å²) in [4.78, 5) is 42.3. The van der Waals surface area contributed by atoms with E-state index in [1.165, 1.54) is 30.6 Å². The lowest BCUT2D eigenvalue weighted by atomic mass is 9.95. The Morgan fingerprint density at radius 2 is 1.85 bits per heavy atom. The van der Waals surface area contributed by atoms with Gasteiger partial charge in [0.25, 0.3) is 11.2 Å². The Bertz CT molecular complexity index is 1790. The van der Waals surface area contributed by atoms with E-state index in [1.807, 2.05) is 55.5 Å². The molecule has 0 radical (unpaired) electrons. The summed E-state index contributed by atoms with van der Waals surface area (Å²) in [5, 5.41) is 10.9. The fourth-order valence-electron chi connectivity index (χ4n) is 4.54. The van der Waals surface area contributed by atoms with Crippen LogP contribution in [0.1, 0.15) is 36.1 Å². The average Bonchev–Trinajstić information content (AvgIpc) is 3.29. The van der Waals surface area contributed by atoms with Gasteiger partial charge in [-0.15, -0.1) is 0 Å². The molecule has 9 nitrogen and oxygen atoms in total. The van der Waals surface area contributed by atoms with Gasteiger partial charge in [-0.05, 0) is 53.5 Å². The highest BCUT2D eigenvalue weighted by Crippen LogP contribution is 2.31. The van der Waals surface area contributed by atoms with Crippen LogP contribution >= 0.6 is 11.3 Å². The summed E-state index contributed by atoms with van der Waals surface area (Å²) in [7, 11) is 1.33. The molecule has 202 valence electrons. The van der Waals surface area contributed by atoms with Crippen molar-refractivity contribution in [3.05, 3.63) is 137 Å². The molecule has 4 aromatic rings. The van der Waals surface area contributed by atoms with Crippen LogP contribution < -0.4 is 19.6 Å². The van der Waals surface area contributed by atoms with Gasteiger partial charge in [0.2, 0.25) is 0 Å². The molecule has 10 heteroatoms. The number of methoxy groups -OCH3 is 1. The minimum absolute atomic E-state index is 0.0199. The fraction of sp³-hybridized carbons (Fsp3) is 0.167. The number of aromatic nitrogens is 1. The number of esters is 1. The van der Waals surface area contributed by atoms with E-state index in [0.29, 0.717) is 32.8 Å². The number of non-ortho nitro benzene ring substituents is 1. The molecule has 3 aromatic carbocycles. The van der Waals surface area contributed by atoms with Crippen molar-refractivity contribution >= 4 is 29.1 Å². The number of carbonyl (C=O) groups excluding carboxylic acids is 1. The van der Waals surface area contributed by atoms with Gasteiger partial charge in [-0.1, -0.05) is 60.7 Å².